The smallest absolute Gasteiger partial charge is 0.408 e. The first-order valence-electron chi connectivity index (χ1n) is 11.2. The molecule has 2 amide bonds. The van der Waals surface area contributed by atoms with E-state index < -0.39 is 24.1 Å². The summed E-state index contributed by atoms with van der Waals surface area (Å²) in [5, 5.41) is 4.29. The van der Waals surface area contributed by atoms with Crippen LogP contribution in [0.2, 0.25) is 0 Å². The van der Waals surface area contributed by atoms with Gasteiger partial charge in [0.2, 0.25) is 12.2 Å². The van der Waals surface area contributed by atoms with Crippen molar-refractivity contribution in [1.29, 1.82) is 0 Å². The van der Waals surface area contributed by atoms with Crippen molar-refractivity contribution in [3.05, 3.63) is 96.6 Å². The minimum Gasteiger partial charge on any atom is -0.445 e. The van der Waals surface area contributed by atoms with Crippen LogP contribution in [0, 0.1) is 0 Å². The van der Waals surface area contributed by atoms with Gasteiger partial charge in [0.15, 0.2) is 0 Å². The lowest BCUT2D eigenvalue weighted by molar-refractivity contribution is -0.120. The molecule has 0 aliphatic heterocycles. The third-order valence-corrected chi connectivity index (χ3v) is 5.59. The number of imidazole rings is 1. The van der Waals surface area contributed by atoms with E-state index >= 15 is 0 Å². The first kappa shape index (κ1) is 23.7. The number of ether oxygens (including phenoxy) is 1. The number of nitrogens with one attached hydrogen (secondary N) is 2. The van der Waals surface area contributed by atoms with Crippen molar-refractivity contribution in [2.75, 3.05) is 4.90 Å². The summed E-state index contributed by atoms with van der Waals surface area (Å²) in [4.78, 5) is 46.6. The summed E-state index contributed by atoms with van der Waals surface area (Å²) >= 11 is 0. The summed E-state index contributed by atoms with van der Waals surface area (Å²) < 4.78 is 5.26. The molecule has 4 aromatic rings. The SMILES string of the molecule is C[C@H](NC(=O)OCc1ccccc1)C(=O)N(c1cccc2ccccc12)[C@H]([C]=O)Cc1c[nH]cn1. The van der Waals surface area contributed by atoms with E-state index in [1.54, 1.807) is 19.2 Å². The Hall–Kier alpha value is -4.46. The van der Waals surface area contributed by atoms with Crippen LogP contribution >= 0.6 is 0 Å². The highest BCUT2D eigenvalue weighted by molar-refractivity contribution is 6.08. The average molecular weight is 470 g/mol. The molecule has 0 bridgehead atoms. The van der Waals surface area contributed by atoms with Crippen LogP contribution in [0.5, 0.6) is 0 Å². The van der Waals surface area contributed by atoms with E-state index in [2.05, 4.69) is 15.3 Å². The van der Waals surface area contributed by atoms with Crippen LogP contribution < -0.4 is 10.2 Å². The number of aromatic amines is 1. The largest absolute Gasteiger partial charge is 0.445 e. The molecule has 1 aromatic heterocycles. The molecule has 2 atom stereocenters. The fraction of sp³-hybridized carbons (Fsp3) is 0.185. The fourth-order valence-electron chi connectivity index (χ4n) is 3.86. The predicted octanol–water partition coefficient (Wildman–Crippen LogP) is 3.93. The number of carbonyl (C=O) groups excluding carboxylic acids is 3. The second-order valence-corrected chi connectivity index (χ2v) is 8.03. The molecular formula is C27H25N4O4. The third kappa shape index (κ3) is 5.73. The fourth-order valence-corrected chi connectivity index (χ4v) is 3.86. The number of fused-ring (bicyclic) bond motifs is 1. The zero-order valence-corrected chi connectivity index (χ0v) is 19.2. The number of hydrogen-bond donors (Lipinski definition) is 2. The zero-order valence-electron chi connectivity index (χ0n) is 19.2. The van der Waals surface area contributed by atoms with Crippen molar-refractivity contribution in [3.8, 4) is 0 Å². The van der Waals surface area contributed by atoms with Gasteiger partial charge >= 0.3 is 6.09 Å². The number of H-pyrrole nitrogens is 1. The standard InChI is InChI=1S/C27H25N4O4/c1-19(30-27(34)35-17-20-8-3-2-4-9-20)26(33)31(23(16-32)14-22-15-28-18-29-22)25-13-7-11-21-10-5-6-12-24(21)25/h2-13,15,18-19,23H,14,17H2,1H3,(H,28,29)(H,30,34)/t19-,23-/m0/s1. The van der Waals surface area contributed by atoms with Gasteiger partial charge in [-0.2, -0.15) is 0 Å². The Bertz CT molecular complexity index is 1290. The van der Waals surface area contributed by atoms with Crippen LogP contribution in [0.1, 0.15) is 18.2 Å². The molecule has 0 saturated carbocycles. The molecule has 0 fully saturated rings. The summed E-state index contributed by atoms with van der Waals surface area (Å²) in [6.45, 7) is 1.63. The van der Waals surface area contributed by atoms with Crippen LogP contribution in [0.3, 0.4) is 0 Å². The number of nitrogens with zero attached hydrogens (tertiary/aromatic N) is 2. The van der Waals surface area contributed by atoms with Gasteiger partial charge in [0.05, 0.1) is 17.7 Å². The van der Waals surface area contributed by atoms with Crippen molar-refractivity contribution >= 4 is 34.7 Å². The number of amides is 2. The third-order valence-electron chi connectivity index (χ3n) is 5.59. The number of carbonyl (C=O) groups is 2. The van der Waals surface area contributed by atoms with Crippen molar-refractivity contribution in [1.82, 2.24) is 15.3 Å². The maximum atomic E-state index is 13.7. The minimum atomic E-state index is -0.965. The quantitative estimate of drug-likeness (QED) is 0.387. The predicted molar refractivity (Wildman–Crippen MR) is 132 cm³/mol. The van der Waals surface area contributed by atoms with Crippen LogP contribution in [-0.2, 0) is 27.4 Å². The first-order chi connectivity index (χ1) is 17.1. The molecule has 0 saturated heterocycles. The summed E-state index contributed by atoms with van der Waals surface area (Å²) in [7, 11) is 0. The first-order valence-corrected chi connectivity index (χ1v) is 11.2. The minimum absolute atomic E-state index is 0.0739. The highest BCUT2D eigenvalue weighted by Gasteiger charge is 2.32. The Kier molecular flexibility index (Phi) is 7.52. The van der Waals surface area contributed by atoms with Crippen LogP contribution in [0.25, 0.3) is 10.8 Å². The lowest BCUT2D eigenvalue weighted by Crippen LogP contribution is -2.52. The molecule has 177 valence electrons. The van der Waals surface area contributed by atoms with Crippen LogP contribution in [-0.4, -0.2) is 40.3 Å². The Morgan fingerprint density at radius 1 is 1.06 bits per heavy atom. The molecule has 35 heavy (non-hydrogen) atoms. The molecule has 8 heteroatoms. The maximum Gasteiger partial charge on any atom is 0.408 e. The van der Waals surface area contributed by atoms with E-state index in [9.17, 15) is 14.4 Å². The summed E-state index contributed by atoms with van der Waals surface area (Å²) in [5.41, 5.74) is 1.98. The van der Waals surface area contributed by atoms with Gasteiger partial charge in [0.25, 0.3) is 0 Å². The maximum absolute atomic E-state index is 13.7. The average Bonchev–Trinajstić information content (AvgIpc) is 3.41. The molecule has 0 aliphatic rings. The second kappa shape index (κ2) is 11.1. The molecule has 3 aromatic carbocycles. The number of alkyl carbamates (subject to hydrolysis) is 1. The van der Waals surface area contributed by atoms with Gasteiger partial charge in [0.1, 0.15) is 18.7 Å². The van der Waals surface area contributed by atoms with E-state index in [0.29, 0.717) is 11.4 Å². The van der Waals surface area contributed by atoms with Gasteiger partial charge in [-0.25, -0.2) is 9.78 Å². The van der Waals surface area contributed by atoms with Crippen molar-refractivity contribution in [2.45, 2.75) is 32.0 Å². The van der Waals surface area contributed by atoms with Crippen molar-refractivity contribution in [2.24, 2.45) is 0 Å². The molecule has 1 radical (unpaired) electrons. The van der Waals surface area contributed by atoms with E-state index in [1.165, 1.54) is 11.2 Å². The molecular weight excluding hydrogens is 444 g/mol. The lowest BCUT2D eigenvalue weighted by Gasteiger charge is -2.31. The highest BCUT2D eigenvalue weighted by Crippen LogP contribution is 2.29. The van der Waals surface area contributed by atoms with Crippen LogP contribution in [0.4, 0.5) is 10.5 Å². The van der Waals surface area contributed by atoms with E-state index in [0.717, 1.165) is 16.3 Å². The Morgan fingerprint density at radius 3 is 2.54 bits per heavy atom. The highest BCUT2D eigenvalue weighted by atomic mass is 16.5. The van der Waals surface area contributed by atoms with E-state index in [-0.39, 0.29) is 13.0 Å². The Balaban J connectivity index is 1.59. The molecule has 2 N–H and O–H groups in total. The van der Waals surface area contributed by atoms with Crippen molar-refractivity contribution in [3.63, 3.8) is 0 Å². The van der Waals surface area contributed by atoms with Crippen molar-refractivity contribution < 1.29 is 19.1 Å². The van der Waals surface area contributed by atoms with Crippen LogP contribution in [0.15, 0.2) is 85.3 Å². The number of hydrogen-bond acceptors (Lipinski definition) is 5. The summed E-state index contributed by atoms with van der Waals surface area (Å²) in [6.07, 6.45) is 4.60. The number of rotatable bonds is 9. The molecule has 8 nitrogen and oxygen atoms in total. The monoisotopic (exact) mass is 469 g/mol. The molecule has 0 unspecified atom stereocenters. The lowest BCUT2D eigenvalue weighted by atomic mass is 10.0. The molecule has 4 rings (SSSR count). The molecule has 0 aliphatic carbocycles. The van der Waals surface area contributed by atoms with Gasteiger partial charge in [-0.15, -0.1) is 0 Å². The Labute approximate surface area is 202 Å². The summed E-state index contributed by atoms with van der Waals surface area (Å²) in [6, 6.07) is 20.4. The second-order valence-electron chi connectivity index (χ2n) is 8.03. The van der Waals surface area contributed by atoms with E-state index in [4.69, 9.17) is 4.74 Å². The number of benzene rings is 3. The number of aromatic nitrogens is 2. The Morgan fingerprint density at radius 2 is 1.80 bits per heavy atom. The zero-order chi connectivity index (χ0) is 24.6. The topological polar surface area (TPSA) is 104 Å². The summed E-state index contributed by atoms with van der Waals surface area (Å²) in [5.74, 6) is -0.470. The number of anilines is 1. The molecule has 0 spiro atoms. The van der Waals surface area contributed by atoms with Gasteiger partial charge in [0, 0.05) is 18.0 Å². The van der Waals surface area contributed by atoms with E-state index in [1.807, 2.05) is 73.0 Å². The van der Waals surface area contributed by atoms with Gasteiger partial charge in [-0.05, 0) is 23.9 Å². The normalized spacial score (nSPS) is 12.5. The van der Waals surface area contributed by atoms with Gasteiger partial charge in [-0.3, -0.25) is 14.5 Å². The molecule has 1 heterocycles. The van der Waals surface area contributed by atoms with Gasteiger partial charge in [-0.1, -0.05) is 66.7 Å². The van der Waals surface area contributed by atoms with Gasteiger partial charge < -0.3 is 15.0 Å².